The molecule has 3 rings (SSSR count). The smallest absolute Gasteiger partial charge is 0.225 e. The molecule has 0 unspecified atom stereocenters. The van der Waals surface area contributed by atoms with E-state index in [0.29, 0.717) is 11.8 Å². The third kappa shape index (κ3) is 4.64. The van der Waals surface area contributed by atoms with E-state index in [-0.39, 0.29) is 18.6 Å². The number of aryl methyl sites for hydroxylation is 1. The zero-order valence-corrected chi connectivity index (χ0v) is 16.8. The van der Waals surface area contributed by atoms with E-state index >= 15 is 0 Å². The van der Waals surface area contributed by atoms with Gasteiger partial charge in [0.25, 0.3) is 0 Å². The number of benzene rings is 1. The van der Waals surface area contributed by atoms with Gasteiger partial charge in [-0.1, -0.05) is 26.0 Å². The summed E-state index contributed by atoms with van der Waals surface area (Å²) in [4.78, 5) is 13.5. The summed E-state index contributed by atoms with van der Waals surface area (Å²) in [6, 6.07) is 11.8. The lowest BCUT2D eigenvalue weighted by Gasteiger charge is -2.21. The molecule has 0 aliphatic rings. The van der Waals surface area contributed by atoms with Crippen molar-refractivity contribution in [2.24, 2.45) is 5.92 Å². The van der Waals surface area contributed by atoms with Crippen LogP contribution in [0.15, 0.2) is 48.8 Å². The summed E-state index contributed by atoms with van der Waals surface area (Å²) in [6.07, 6.45) is 3.51. The van der Waals surface area contributed by atoms with Crippen LogP contribution in [0.1, 0.15) is 25.0 Å². The second-order valence-corrected chi connectivity index (χ2v) is 7.25. The normalized spacial score (nSPS) is 12.1. The zero-order chi connectivity index (χ0) is 20.1. The molecule has 0 bridgehead atoms. The molecule has 2 aromatic heterocycles. The van der Waals surface area contributed by atoms with Crippen LogP contribution in [-0.4, -0.2) is 32.7 Å². The van der Waals surface area contributed by atoms with Gasteiger partial charge >= 0.3 is 0 Å². The molecule has 0 amide bonds. The maximum absolute atomic E-state index is 9.67. The number of anilines is 3. The fourth-order valence-electron chi connectivity index (χ4n) is 2.85. The summed E-state index contributed by atoms with van der Waals surface area (Å²) in [6.45, 7) is 8.28. The molecule has 28 heavy (non-hydrogen) atoms. The number of pyridine rings is 1. The van der Waals surface area contributed by atoms with Crippen LogP contribution in [0.25, 0.3) is 11.3 Å². The van der Waals surface area contributed by atoms with Gasteiger partial charge in [0.05, 0.1) is 18.3 Å². The molecule has 146 valence electrons. The van der Waals surface area contributed by atoms with Crippen LogP contribution in [0.5, 0.6) is 0 Å². The van der Waals surface area contributed by atoms with Crippen LogP contribution >= 0.6 is 0 Å². The average Bonchev–Trinajstić information content (AvgIpc) is 2.70. The Morgan fingerprint density at radius 1 is 1.07 bits per heavy atom. The van der Waals surface area contributed by atoms with E-state index in [9.17, 15) is 5.11 Å². The lowest BCUT2D eigenvalue weighted by atomic mass is 10.1. The summed E-state index contributed by atoms with van der Waals surface area (Å²) in [7, 11) is 0. The first-order valence-corrected chi connectivity index (χ1v) is 9.48. The quantitative estimate of drug-likeness (QED) is 0.568. The first kappa shape index (κ1) is 19.8. The van der Waals surface area contributed by atoms with Gasteiger partial charge in [0.2, 0.25) is 5.95 Å². The summed E-state index contributed by atoms with van der Waals surface area (Å²) in [5.74, 6) is 1.40. The molecule has 1 aromatic carbocycles. The van der Waals surface area contributed by atoms with Crippen LogP contribution in [0.3, 0.4) is 0 Å². The van der Waals surface area contributed by atoms with Gasteiger partial charge in [0, 0.05) is 29.7 Å². The molecule has 2 heterocycles. The number of nitrogens with zero attached hydrogens (tertiary/aromatic N) is 3. The van der Waals surface area contributed by atoms with Crippen LogP contribution in [-0.2, 0) is 0 Å². The highest BCUT2D eigenvalue weighted by atomic mass is 16.3. The van der Waals surface area contributed by atoms with E-state index in [2.05, 4.69) is 45.5 Å². The topological polar surface area (TPSA) is 83.0 Å². The van der Waals surface area contributed by atoms with Gasteiger partial charge in [-0.15, -0.1) is 0 Å². The van der Waals surface area contributed by atoms with Crippen molar-refractivity contribution >= 4 is 17.5 Å². The van der Waals surface area contributed by atoms with E-state index in [4.69, 9.17) is 0 Å². The fourth-order valence-corrected chi connectivity index (χ4v) is 2.85. The van der Waals surface area contributed by atoms with Gasteiger partial charge in [-0.2, -0.15) is 4.98 Å². The molecular formula is C22H27N5O. The minimum Gasteiger partial charge on any atom is -0.394 e. The summed E-state index contributed by atoms with van der Waals surface area (Å²) >= 11 is 0. The van der Waals surface area contributed by atoms with Crippen molar-refractivity contribution in [3.8, 4) is 11.3 Å². The highest BCUT2D eigenvalue weighted by Crippen LogP contribution is 2.26. The molecule has 0 aliphatic carbocycles. The maximum atomic E-state index is 9.67. The second kappa shape index (κ2) is 8.80. The summed E-state index contributed by atoms with van der Waals surface area (Å²) in [5, 5.41) is 16.3. The number of aromatic nitrogens is 3. The third-order valence-corrected chi connectivity index (χ3v) is 4.87. The number of nitrogens with one attached hydrogen (secondary N) is 2. The van der Waals surface area contributed by atoms with Crippen LogP contribution in [0, 0.1) is 19.8 Å². The molecule has 0 saturated heterocycles. The number of aliphatic hydroxyl groups excluding tert-OH is 1. The fraction of sp³-hybridized carbons (Fsp3) is 0.318. The Kier molecular flexibility index (Phi) is 6.21. The Bertz CT molecular complexity index is 927. The molecule has 1 atom stereocenters. The van der Waals surface area contributed by atoms with Gasteiger partial charge in [-0.25, -0.2) is 4.98 Å². The van der Waals surface area contributed by atoms with E-state index in [1.165, 1.54) is 11.1 Å². The van der Waals surface area contributed by atoms with Gasteiger partial charge in [-0.3, -0.25) is 4.98 Å². The molecule has 6 nitrogen and oxygen atoms in total. The first-order chi connectivity index (χ1) is 13.5. The molecule has 3 aromatic rings. The molecule has 3 N–H and O–H groups in total. The standard InChI is InChI=1S/C22H27N5O/c1-14(2)20(13-28)26-22-25-19(17-8-6-10-23-12-17)11-21(27-22)24-18-9-5-7-15(3)16(18)4/h5-12,14,20,28H,13H2,1-4H3,(H2,24,25,26,27)/t20-/m0/s1. The lowest BCUT2D eigenvalue weighted by Crippen LogP contribution is -2.30. The number of aliphatic hydroxyl groups is 1. The molecular weight excluding hydrogens is 350 g/mol. The van der Waals surface area contributed by atoms with Gasteiger partial charge < -0.3 is 15.7 Å². The van der Waals surface area contributed by atoms with Gasteiger partial charge in [0.15, 0.2) is 0 Å². The Hall–Kier alpha value is -2.99. The highest BCUT2D eigenvalue weighted by molar-refractivity contribution is 5.68. The van der Waals surface area contributed by atoms with Crippen molar-refractivity contribution in [2.45, 2.75) is 33.7 Å². The largest absolute Gasteiger partial charge is 0.394 e. The zero-order valence-electron chi connectivity index (χ0n) is 16.8. The molecule has 0 radical (unpaired) electrons. The minimum absolute atomic E-state index is 0.0118. The summed E-state index contributed by atoms with van der Waals surface area (Å²) in [5.41, 5.74) is 5.06. The van der Waals surface area contributed by atoms with Crippen molar-refractivity contribution in [2.75, 3.05) is 17.2 Å². The molecule has 0 saturated carbocycles. The first-order valence-electron chi connectivity index (χ1n) is 9.48. The van der Waals surface area contributed by atoms with E-state index in [1.54, 1.807) is 12.4 Å². The van der Waals surface area contributed by atoms with E-state index in [0.717, 1.165) is 16.9 Å². The molecule has 0 spiro atoms. The SMILES string of the molecule is Cc1cccc(Nc2cc(-c3cccnc3)nc(N[C@@H](CO)C(C)C)n2)c1C. The lowest BCUT2D eigenvalue weighted by molar-refractivity contribution is 0.248. The minimum atomic E-state index is -0.127. The van der Waals surface area contributed by atoms with Crippen LogP contribution in [0.4, 0.5) is 17.5 Å². The average molecular weight is 377 g/mol. The second-order valence-electron chi connectivity index (χ2n) is 7.25. The van der Waals surface area contributed by atoms with E-state index in [1.807, 2.05) is 44.2 Å². The molecule has 0 aliphatic heterocycles. The number of hydrogen-bond acceptors (Lipinski definition) is 6. The van der Waals surface area contributed by atoms with E-state index < -0.39 is 0 Å². The van der Waals surface area contributed by atoms with Crippen LogP contribution < -0.4 is 10.6 Å². The van der Waals surface area contributed by atoms with Crippen molar-refractivity contribution < 1.29 is 5.11 Å². The third-order valence-electron chi connectivity index (χ3n) is 4.87. The summed E-state index contributed by atoms with van der Waals surface area (Å²) < 4.78 is 0. The molecule has 0 fully saturated rings. The molecule has 6 heteroatoms. The monoisotopic (exact) mass is 377 g/mol. The van der Waals surface area contributed by atoms with Crippen LogP contribution in [0.2, 0.25) is 0 Å². The van der Waals surface area contributed by atoms with Gasteiger partial charge in [0.1, 0.15) is 5.82 Å². The Morgan fingerprint density at radius 2 is 1.89 bits per heavy atom. The van der Waals surface area contributed by atoms with Crippen molar-refractivity contribution in [1.82, 2.24) is 15.0 Å². The van der Waals surface area contributed by atoms with Gasteiger partial charge in [-0.05, 0) is 49.1 Å². The van der Waals surface area contributed by atoms with Crippen molar-refractivity contribution in [1.29, 1.82) is 0 Å². The Balaban J connectivity index is 2.00. The Labute approximate surface area is 166 Å². The highest BCUT2D eigenvalue weighted by Gasteiger charge is 2.15. The van der Waals surface area contributed by atoms with Crippen molar-refractivity contribution in [3.05, 3.63) is 59.9 Å². The van der Waals surface area contributed by atoms with Crippen molar-refractivity contribution in [3.63, 3.8) is 0 Å². The predicted octanol–water partition coefficient (Wildman–Crippen LogP) is 4.33. The Morgan fingerprint density at radius 3 is 2.57 bits per heavy atom. The predicted molar refractivity (Wildman–Crippen MR) is 114 cm³/mol. The maximum Gasteiger partial charge on any atom is 0.225 e. The number of rotatable bonds is 7. The number of hydrogen-bond donors (Lipinski definition) is 3.